The van der Waals surface area contributed by atoms with Gasteiger partial charge in [0.15, 0.2) is 0 Å². The summed E-state index contributed by atoms with van der Waals surface area (Å²) in [6, 6.07) is 10.1. The Hall–Kier alpha value is -1.51. The van der Waals surface area contributed by atoms with E-state index >= 15 is 0 Å². The molecular weight excluding hydrogens is 357 g/mol. The van der Waals surface area contributed by atoms with Gasteiger partial charge in [0.2, 0.25) is 0 Å². The van der Waals surface area contributed by atoms with E-state index in [0.717, 1.165) is 11.3 Å². The van der Waals surface area contributed by atoms with Gasteiger partial charge in [-0.1, -0.05) is 76.1 Å². The molecule has 0 radical (unpaired) electrons. The first-order valence-electron chi connectivity index (χ1n) is 11.1. The Morgan fingerprint density at radius 1 is 0.786 bits per heavy atom. The molecule has 1 saturated carbocycles. The van der Waals surface area contributed by atoms with E-state index in [4.69, 9.17) is 0 Å². The van der Waals surface area contributed by atoms with Crippen molar-refractivity contribution in [1.82, 2.24) is 0 Å². The molecule has 0 nitrogen and oxygen atoms in total. The average molecular weight is 391 g/mol. The lowest BCUT2D eigenvalue weighted by Gasteiger charge is -2.29. The van der Waals surface area contributed by atoms with Gasteiger partial charge in [0, 0.05) is 0 Å². The molecule has 0 unspecified atom stereocenters. The summed E-state index contributed by atoms with van der Waals surface area (Å²) in [6.07, 6.45) is 10.3. The van der Waals surface area contributed by atoms with Crippen molar-refractivity contribution in [2.24, 2.45) is 5.92 Å². The van der Waals surface area contributed by atoms with Crippen LogP contribution in [0, 0.1) is 5.92 Å². The average Bonchev–Trinajstić information content (AvgIpc) is 2.69. The van der Waals surface area contributed by atoms with Gasteiger partial charge < -0.3 is 0 Å². The highest BCUT2D eigenvalue weighted by molar-refractivity contribution is 5.84. The summed E-state index contributed by atoms with van der Waals surface area (Å²) in [5, 5.41) is 1.59. The Labute approximate surface area is 167 Å². The molecule has 1 fully saturated rings. The molecule has 0 bridgehead atoms. The predicted octanol–water partition coefficient (Wildman–Crippen LogP) is 8.88. The first-order chi connectivity index (χ1) is 13.5. The zero-order valence-corrected chi connectivity index (χ0v) is 17.0. The molecule has 154 valence electrons. The third kappa shape index (κ3) is 5.75. The van der Waals surface area contributed by atoms with Crippen LogP contribution in [-0.2, 0) is 6.18 Å². The molecule has 0 N–H and O–H groups in total. The van der Waals surface area contributed by atoms with E-state index in [9.17, 15) is 13.2 Å². The smallest absolute Gasteiger partial charge is 0.166 e. The highest BCUT2D eigenvalue weighted by atomic mass is 19.4. The van der Waals surface area contributed by atoms with Gasteiger partial charge in [0.25, 0.3) is 0 Å². The highest BCUT2D eigenvalue weighted by Gasteiger charge is 2.30. The third-order valence-corrected chi connectivity index (χ3v) is 6.48. The number of hydrogen-bond acceptors (Lipinski definition) is 0. The number of halogens is 3. The summed E-state index contributed by atoms with van der Waals surface area (Å²) in [5.41, 5.74) is 0.730. The molecule has 1 aliphatic carbocycles. The van der Waals surface area contributed by atoms with Crippen molar-refractivity contribution < 1.29 is 13.2 Å². The molecule has 2 aromatic rings. The molecule has 1 aliphatic rings. The number of hydrogen-bond donors (Lipinski definition) is 0. The van der Waals surface area contributed by atoms with Crippen molar-refractivity contribution in [2.45, 2.75) is 89.6 Å². The van der Waals surface area contributed by atoms with Crippen molar-refractivity contribution in [1.29, 1.82) is 0 Å². The molecule has 2 aromatic carbocycles. The first kappa shape index (κ1) is 21.2. The topological polar surface area (TPSA) is 0 Å². The molecule has 28 heavy (non-hydrogen) atoms. The summed E-state index contributed by atoms with van der Waals surface area (Å²) < 4.78 is 38.7. The van der Waals surface area contributed by atoms with Crippen molar-refractivity contribution in [2.75, 3.05) is 0 Å². The van der Waals surface area contributed by atoms with Crippen LogP contribution in [0.15, 0.2) is 36.4 Å². The van der Waals surface area contributed by atoms with Crippen LogP contribution in [0.3, 0.4) is 0 Å². The van der Waals surface area contributed by atoms with Crippen LogP contribution in [0.1, 0.15) is 94.6 Å². The minimum atomic E-state index is -4.28. The Morgan fingerprint density at radius 2 is 1.43 bits per heavy atom. The predicted molar refractivity (Wildman–Crippen MR) is 112 cm³/mol. The van der Waals surface area contributed by atoms with E-state index in [1.807, 2.05) is 12.1 Å². The monoisotopic (exact) mass is 390 g/mol. The number of unbranched alkanes of at least 4 members (excludes halogenated alkanes) is 5. The van der Waals surface area contributed by atoms with Gasteiger partial charge in [0.1, 0.15) is 0 Å². The number of benzene rings is 2. The van der Waals surface area contributed by atoms with E-state index in [-0.39, 0.29) is 0 Å². The fourth-order valence-electron chi connectivity index (χ4n) is 4.69. The van der Waals surface area contributed by atoms with E-state index in [1.165, 1.54) is 88.3 Å². The SMILES string of the molecule is CCCCCCCCC1CCC(c2ccc3cc(C(F)(F)F)ccc3c2)CC1. The maximum absolute atomic E-state index is 12.9. The van der Waals surface area contributed by atoms with Crippen molar-refractivity contribution in [3.05, 3.63) is 47.5 Å². The van der Waals surface area contributed by atoms with Gasteiger partial charge in [-0.3, -0.25) is 0 Å². The molecule has 0 heterocycles. The largest absolute Gasteiger partial charge is 0.416 e. The van der Waals surface area contributed by atoms with Gasteiger partial charge in [0.05, 0.1) is 5.56 Å². The van der Waals surface area contributed by atoms with E-state index in [2.05, 4.69) is 13.0 Å². The van der Waals surface area contributed by atoms with Crippen LogP contribution in [0.2, 0.25) is 0 Å². The summed E-state index contributed by atoms with van der Waals surface area (Å²) in [7, 11) is 0. The van der Waals surface area contributed by atoms with Gasteiger partial charge in [-0.15, -0.1) is 0 Å². The fraction of sp³-hybridized carbons (Fsp3) is 0.600. The van der Waals surface area contributed by atoms with Crippen molar-refractivity contribution in [3.8, 4) is 0 Å². The number of alkyl halides is 3. The van der Waals surface area contributed by atoms with Gasteiger partial charge in [-0.25, -0.2) is 0 Å². The molecule has 0 saturated heterocycles. The zero-order chi connectivity index (χ0) is 20.0. The van der Waals surface area contributed by atoms with Crippen LogP contribution in [0.25, 0.3) is 10.8 Å². The van der Waals surface area contributed by atoms with Gasteiger partial charge >= 0.3 is 6.18 Å². The molecular formula is C25H33F3. The molecule has 0 aliphatic heterocycles. The maximum atomic E-state index is 12.9. The molecule has 3 heteroatoms. The third-order valence-electron chi connectivity index (χ3n) is 6.48. The van der Waals surface area contributed by atoms with Crippen LogP contribution < -0.4 is 0 Å². The quantitative estimate of drug-likeness (QED) is 0.395. The molecule has 0 spiro atoms. The second-order valence-corrected chi connectivity index (χ2v) is 8.59. The lowest BCUT2D eigenvalue weighted by Crippen LogP contribution is -2.13. The summed E-state index contributed by atoms with van der Waals surface area (Å²) >= 11 is 0. The number of rotatable bonds is 8. The van der Waals surface area contributed by atoms with Crippen molar-refractivity contribution in [3.63, 3.8) is 0 Å². The lowest BCUT2D eigenvalue weighted by molar-refractivity contribution is -0.137. The van der Waals surface area contributed by atoms with E-state index in [0.29, 0.717) is 11.3 Å². The normalized spacial score (nSPS) is 20.6. The van der Waals surface area contributed by atoms with Crippen LogP contribution in [0.4, 0.5) is 13.2 Å². The first-order valence-corrected chi connectivity index (χ1v) is 11.1. The van der Waals surface area contributed by atoms with Crippen LogP contribution in [-0.4, -0.2) is 0 Å². The molecule has 3 rings (SSSR count). The fourth-order valence-corrected chi connectivity index (χ4v) is 4.69. The Kier molecular flexibility index (Phi) is 7.42. The summed E-state index contributed by atoms with van der Waals surface area (Å²) in [6.45, 7) is 2.26. The minimum absolute atomic E-state index is 0.562. The minimum Gasteiger partial charge on any atom is -0.166 e. The van der Waals surface area contributed by atoms with E-state index in [1.54, 1.807) is 6.07 Å². The molecule has 0 amide bonds. The summed E-state index contributed by atoms with van der Waals surface area (Å²) in [5.74, 6) is 1.43. The Morgan fingerprint density at radius 3 is 2.14 bits per heavy atom. The van der Waals surface area contributed by atoms with Crippen LogP contribution in [0.5, 0.6) is 0 Å². The molecule has 0 atom stereocenters. The van der Waals surface area contributed by atoms with Gasteiger partial charge in [-0.05, 0) is 66.0 Å². The maximum Gasteiger partial charge on any atom is 0.416 e. The molecule has 0 aromatic heterocycles. The second-order valence-electron chi connectivity index (χ2n) is 8.59. The Bertz CT molecular complexity index is 739. The zero-order valence-electron chi connectivity index (χ0n) is 17.0. The number of fused-ring (bicyclic) bond motifs is 1. The Balaban J connectivity index is 1.51. The van der Waals surface area contributed by atoms with E-state index < -0.39 is 11.7 Å². The van der Waals surface area contributed by atoms with Crippen LogP contribution >= 0.6 is 0 Å². The summed E-state index contributed by atoms with van der Waals surface area (Å²) in [4.78, 5) is 0. The van der Waals surface area contributed by atoms with Gasteiger partial charge in [-0.2, -0.15) is 13.2 Å². The van der Waals surface area contributed by atoms with Crippen molar-refractivity contribution >= 4 is 10.8 Å². The lowest BCUT2D eigenvalue weighted by atomic mass is 9.76. The highest BCUT2D eigenvalue weighted by Crippen LogP contribution is 2.39. The standard InChI is InChI=1S/C25H33F3/c1-2-3-4-5-6-7-8-19-9-11-20(12-10-19)21-13-14-23-18-24(25(26,27)28)16-15-22(23)17-21/h13-20H,2-12H2,1H3. The second kappa shape index (κ2) is 9.80.